The highest BCUT2D eigenvalue weighted by atomic mass is 19.3. The number of methoxy groups -OCH3 is 1. The molecular formula is C13H16F2O2. The number of rotatable bonds is 5. The molecule has 0 radical (unpaired) electrons. The van der Waals surface area contributed by atoms with Crippen LogP contribution in [0.15, 0.2) is 24.3 Å². The maximum atomic E-state index is 13.3. The zero-order valence-electron chi connectivity index (χ0n) is 10.0. The number of carbonyl (C=O) groups excluding carboxylic acids is 1. The van der Waals surface area contributed by atoms with E-state index in [1.807, 2.05) is 0 Å². The highest BCUT2D eigenvalue weighted by molar-refractivity contribution is 5.69. The molecule has 17 heavy (non-hydrogen) atoms. The molecular weight excluding hydrogens is 226 g/mol. The van der Waals surface area contributed by atoms with E-state index in [1.54, 1.807) is 12.1 Å². The van der Waals surface area contributed by atoms with Gasteiger partial charge in [0.25, 0.3) is 5.92 Å². The first kappa shape index (κ1) is 13.6. The van der Waals surface area contributed by atoms with Crippen molar-refractivity contribution in [1.29, 1.82) is 0 Å². The van der Waals surface area contributed by atoms with Gasteiger partial charge >= 0.3 is 5.97 Å². The first-order chi connectivity index (χ1) is 7.99. The number of alkyl halides is 2. The van der Waals surface area contributed by atoms with Gasteiger partial charge in [-0.2, -0.15) is 0 Å². The molecule has 0 atom stereocenters. The summed E-state index contributed by atoms with van der Waals surface area (Å²) in [6, 6.07) is 6.08. The van der Waals surface area contributed by atoms with E-state index in [0.29, 0.717) is 6.42 Å². The van der Waals surface area contributed by atoms with Crippen LogP contribution >= 0.6 is 0 Å². The molecule has 0 aromatic heterocycles. The van der Waals surface area contributed by atoms with Gasteiger partial charge in [0.15, 0.2) is 0 Å². The summed E-state index contributed by atoms with van der Waals surface area (Å²) in [4.78, 5) is 10.9. The van der Waals surface area contributed by atoms with E-state index in [9.17, 15) is 13.6 Å². The molecule has 4 heteroatoms. The van der Waals surface area contributed by atoms with Gasteiger partial charge in [-0.1, -0.05) is 31.2 Å². The lowest BCUT2D eigenvalue weighted by Gasteiger charge is -2.14. The van der Waals surface area contributed by atoms with E-state index in [4.69, 9.17) is 0 Å². The zero-order chi connectivity index (χ0) is 12.9. The molecule has 1 rings (SSSR count). The maximum Gasteiger partial charge on any atom is 0.305 e. The molecule has 0 saturated carbocycles. The molecule has 0 N–H and O–H groups in total. The summed E-state index contributed by atoms with van der Waals surface area (Å²) in [6.07, 6.45) is 0.555. The van der Waals surface area contributed by atoms with Crippen LogP contribution in [0.1, 0.15) is 30.9 Å². The lowest BCUT2D eigenvalue weighted by Crippen LogP contribution is -2.11. The molecule has 94 valence electrons. The van der Waals surface area contributed by atoms with Gasteiger partial charge in [0.1, 0.15) is 0 Å². The average Bonchev–Trinajstić information content (AvgIpc) is 2.36. The third kappa shape index (κ3) is 3.80. The molecule has 0 aliphatic carbocycles. The van der Waals surface area contributed by atoms with Crippen LogP contribution in [0.3, 0.4) is 0 Å². The highest BCUT2D eigenvalue weighted by Gasteiger charge is 2.28. The summed E-state index contributed by atoms with van der Waals surface area (Å²) in [7, 11) is 1.33. The molecule has 0 heterocycles. The van der Waals surface area contributed by atoms with E-state index in [2.05, 4.69) is 4.74 Å². The number of halogens is 2. The van der Waals surface area contributed by atoms with E-state index in [1.165, 1.54) is 26.2 Å². The van der Waals surface area contributed by atoms with Crippen molar-refractivity contribution in [3.8, 4) is 0 Å². The minimum atomic E-state index is -2.78. The van der Waals surface area contributed by atoms with Gasteiger partial charge < -0.3 is 4.74 Å². The minimum Gasteiger partial charge on any atom is -0.469 e. The largest absolute Gasteiger partial charge is 0.469 e. The third-order valence-electron chi connectivity index (χ3n) is 2.67. The Hall–Kier alpha value is -1.45. The second kappa shape index (κ2) is 5.75. The average molecular weight is 242 g/mol. The summed E-state index contributed by atoms with van der Waals surface area (Å²) < 4.78 is 31.1. The predicted octanol–water partition coefficient (Wildman–Crippen LogP) is 3.29. The first-order valence-electron chi connectivity index (χ1n) is 5.53. The normalized spacial score (nSPS) is 11.3. The number of esters is 1. The third-order valence-corrected chi connectivity index (χ3v) is 2.67. The summed E-state index contributed by atoms with van der Waals surface area (Å²) >= 11 is 0. The fraction of sp³-hybridized carbons (Fsp3) is 0.462. The Morgan fingerprint density at radius 1 is 1.29 bits per heavy atom. The van der Waals surface area contributed by atoms with Crippen molar-refractivity contribution in [3.05, 3.63) is 35.4 Å². The van der Waals surface area contributed by atoms with Crippen molar-refractivity contribution in [2.45, 2.75) is 32.1 Å². The minimum absolute atomic E-state index is 0.0156. The molecule has 0 aliphatic heterocycles. The molecule has 2 nitrogen and oxygen atoms in total. The van der Waals surface area contributed by atoms with Crippen molar-refractivity contribution < 1.29 is 18.3 Å². The quantitative estimate of drug-likeness (QED) is 0.740. The van der Waals surface area contributed by atoms with Crippen molar-refractivity contribution in [2.75, 3.05) is 7.11 Å². The summed E-state index contributed by atoms with van der Waals surface area (Å²) in [5.74, 6) is -3.08. The van der Waals surface area contributed by atoms with Crippen molar-refractivity contribution >= 4 is 5.97 Å². The standard InChI is InChI=1S/C13H16F2O2/c1-3-13(14,15)11-7-4-10(5-8-11)6-9-12(16)17-2/h4-5,7-8H,3,6,9H2,1-2H3. The van der Waals surface area contributed by atoms with Gasteiger partial charge in [-0.3, -0.25) is 4.79 Å². The van der Waals surface area contributed by atoms with Crippen LogP contribution in [0.5, 0.6) is 0 Å². The maximum absolute atomic E-state index is 13.3. The molecule has 0 amide bonds. The van der Waals surface area contributed by atoms with E-state index in [-0.39, 0.29) is 24.4 Å². The molecule has 0 bridgehead atoms. The van der Waals surface area contributed by atoms with Crippen LogP contribution in [0, 0.1) is 0 Å². The molecule has 0 aliphatic rings. The molecule has 1 aromatic carbocycles. The van der Waals surface area contributed by atoms with Gasteiger partial charge in [0, 0.05) is 18.4 Å². The van der Waals surface area contributed by atoms with E-state index in [0.717, 1.165) is 5.56 Å². The second-order valence-corrected chi connectivity index (χ2v) is 3.83. The van der Waals surface area contributed by atoms with Crippen LogP contribution in [0.2, 0.25) is 0 Å². The monoisotopic (exact) mass is 242 g/mol. The molecule has 0 saturated heterocycles. The SMILES string of the molecule is CCC(F)(F)c1ccc(CCC(=O)OC)cc1. The number of ether oxygens (including phenoxy) is 1. The van der Waals surface area contributed by atoms with Crippen LogP contribution in [0.4, 0.5) is 8.78 Å². The second-order valence-electron chi connectivity index (χ2n) is 3.83. The Bertz CT molecular complexity index is 372. The van der Waals surface area contributed by atoms with Crippen LogP contribution < -0.4 is 0 Å². The number of aryl methyl sites for hydroxylation is 1. The van der Waals surface area contributed by atoms with Gasteiger partial charge in [-0.15, -0.1) is 0 Å². The topological polar surface area (TPSA) is 26.3 Å². The van der Waals surface area contributed by atoms with Crippen molar-refractivity contribution in [3.63, 3.8) is 0 Å². The van der Waals surface area contributed by atoms with Crippen molar-refractivity contribution in [1.82, 2.24) is 0 Å². The summed E-state index contributed by atoms with van der Waals surface area (Å²) in [6.45, 7) is 1.45. The first-order valence-corrected chi connectivity index (χ1v) is 5.53. The van der Waals surface area contributed by atoms with Crippen LogP contribution in [-0.4, -0.2) is 13.1 Å². The molecule has 0 fully saturated rings. The fourth-order valence-corrected chi connectivity index (χ4v) is 1.47. The Labute approximate surface area is 99.6 Å². The Kier molecular flexibility index (Phi) is 4.61. The lowest BCUT2D eigenvalue weighted by atomic mass is 10.0. The number of carbonyl (C=O) groups is 1. The summed E-state index contributed by atoms with van der Waals surface area (Å²) in [5, 5.41) is 0. The highest BCUT2D eigenvalue weighted by Crippen LogP contribution is 2.31. The predicted molar refractivity (Wildman–Crippen MR) is 61.0 cm³/mol. The Morgan fingerprint density at radius 2 is 1.88 bits per heavy atom. The molecule has 1 aromatic rings. The lowest BCUT2D eigenvalue weighted by molar-refractivity contribution is -0.140. The van der Waals surface area contributed by atoms with Gasteiger partial charge in [0.2, 0.25) is 0 Å². The number of hydrogen-bond acceptors (Lipinski definition) is 2. The molecule has 0 spiro atoms. The Balaban J connectivity index is 2.65. The molecule has 0 unspecified atom stereocenters. The number of hydrogen-bond donors (Lipinski definition) is 0. The van der Waals surface area contributed by atoms with Gasteiger partial charge in [-0.25, -0.2) is 8.78 Å². The van der Waals surface area contributed by atoms with E-state index < -0.39 is 5.92 Å². The van der Waals surface area contributed by atoms with Gasteiger partial charge in [-0.05, 0) is 12.0 Å². The van der Waals surface area contributed by atoms with Gasteiger partial charge in [0.05, 0.1) is 7.11 Å². The Morgan fingerprint density at radius 3 is 2.35 bits per heavy atom. The van der Waals surface area contributed by atoms with E-state index >= 15 is 0 Å². The van der Waals surface area contributed by atoms with Crippen molar-refractivity contribution in [2.24, 2.45) is 0 Å². The fourth-order valence-electron chi connectivity index (χ4n) is 1.47. The number of benzene rings is 1. The summed E-state index contributed by atoms with van der Waals surface area (Å²) in [5.41, 5.74) is 0.868. The zero-order valence-corrected chi connectivity index (χ0v) is 10.0. The van der Waals surface area contributed by atoms with Crippen LogP contribution in [0.25, 0.3) is 0 Å². The van der Waals surface area contributed by atoms with Crippen LogP contribution in [-0.2, 0) is 21.9 Å². The smallest absolute Gasteiger partial charge is 0.305 e.